The van der Waals surface area contributed by atoms with E-state index in [9.17, 15) is 4.79 Å². The summed E-state index contributed by atoms with van der Waals surface area (Å²) in [6.45, 7) is 9.26. The van der Waals surface area contributed by atoms with Gasteiger partial charge in [-0.2, -0.15) is 5.43 Å². The summed E-state index contributed by atoms with van der Waals surface area (Å²) >= 11 is 0. The van der Waals surface area contributed by atoms with Crippen LogP contribution >= 0.6 is 0 Å². The van der Waals surface area contributed by atoms with E-state index in [1.165, 1.54) is 5.56 Å². The molecule has 0 fully saturated rings. The Morgan fingerprint density at radius 1 is 1.17 bits per heavy atom. The number of carbonyl (C=O) groups excluding carboxylic acids is 1. The van der Waals surface area contributed by atoms with Crippen LogP contribution < -0.4 is 10.9 Å². The number of aryl methyl sites for hydroxylation is 1. The van der Waals surface area contributed by atoms with Gasteiger partial charge in [0.05, 0.1) is 18.8 Å². The van der Waals surface area contributed by atoms with E-state index in [0.29, 0.717) is 5.84 Å². The number of Topliss-reactive ketones (excluding diaryl/α,β-unsaturated/α-hetero) is 1. The summed E-state index contributed by atoms with van der Waals surface area (Å²) in [6.07, 6.45) is 0. The van der Waals surface area contributed by atoms with Gasteiger partial charge >= 0.3 is 5.84 Å². The van der Waals surface area contributed by atoms with Crippen molar-refractivity contribution < 1.29 is 9.37 Å². The maximum atomic E-state index is 11.6. The van der Waals surface area contributed by atoms with Crippen LogP contribution in [0.15, 0.2) is 24.3 Å². The Balaban J connectivity index is 2.77. The standard InChI is InChI=1S/C14H21N3O/c1-5-17(6-2)14(12(4)18)16-15-13-9-7-11(3)8-10-13/h7-10H,5-6H2,1-4H3,(H,15,18)/p+1. The van der Waals surface area contributed by atoms with E-state index in [4.69, 9.17) is 0 Å². The lowest BCUT2D eigenvalue weighted by atomic mass is 10.2. The predicted octanol–water partition coefficient (Wildman–Crippen LogP) is 1.95. The molecule has 98 valence electrons. The molecule has 0 aliphatic rings. The lowest BCUT2D eigenvalue weighted by Gasteiger charge is -2.09. The van der Waals surface area contributed by atoms with Gasteiger partial charge in [-0.05, 0) is 32.9 Å². The molecule has 2 N–H and O–H groups in total. The largest absolute Gasteiger partial charge is 0.336 e. The summed E-state index contributed by atoms with van der Waals surface area (Å²) in [5.74, 6) is 0.624. The monoisotopic (exact) mass is 248 g/mol. The average Bonchev–Trinajstić information content (AvgIpc) is 2.36. The number of hydrazine groups is 1. The van der Waals surface area contributed by atoms with Crippen molar-refractivity contribution in [1.82, 2.24) is 5.43 Å². The van der Waals surface area contributed by atoms with Crippen LogP contribution in [0.1, 0.15) is 26.3 Å². The minimum Gasteiger partial charge on any atom is -0.286 e. The van der Waals surface area contributed by atoms with E-state index in [0.717, 1.165) is 18.8 Å². The summed E-state index contributed by atoms with van der Waals surface area (Å²) in [7, 11) is 0. The van der Waals surface area contributed by atoms with E-state index < -0.39 is 0 Å². The van der Waals surface area contributed by atoms with Crippen molar-refractivity contribution in [2.24, 2.45) is 0 Å². The van der Waals surface area contributed by atoms with E-state index >= 15 is 0 Å². The number of carbonyl (C=O) groups is 1. The maximum absolute atomic E-state index is 11.6. The lowest BCUT2D eigenvalue weighted by Crippen LogP contribution is -2.42. The number of hydrogen-bond acceptors (Lipinski definition) is 2. The summed E-state index contributed by atoms with van der Waals surface area (Å²) in [6, 6.07) is 7.99. The van der Waals surface area contributed by atoms with Crippen molar-refractivity contribution in [2.75, 3.05) is 18.5 Å². The molecule has 0 saturated heterocycles. The van der Waals surface area contributed by atoms with Gasteiger partial charge in [-0.15, -0.1) is 0 Å². The molecular formula is C14H22N3O+. The van der Waals surface area contributed by atoms with Crippen molar-refractivity contribution in [3.63, 3.8) is 0 Å². The van der Waals surface area contributed by atoms with Gasteiger partial charge in [0.25, 0.3) is 0 Å². The van der Waals surface area contributed by atoms with Gasteiger partial charge in [-0.1, -0.05) is 17.7 Å². The highest BCUT2D eigenvalue weighted by atomic mass is 16.1. The number of nitrogens with one attached hydrogen (secondary N) is 2. The number of nitrogens with zero attached hydrogens (tertiary/aromatic N) is 1. The molecule has 0 bridgehead atoms. The van der Waals surface area contributed by atoms with Crippen LogP contribution in [0.5, 0.6) is 0 Å². The van der Waals surface area contributed by atoms with Crippen LogP contribution in [0.2, 0.25) is 0 Å². The number of anilines is 1. The summed E-state index contributed by atoms with van der Waals surface area (Å²) in [5, 5.41) is 0. The minimum absolute atomic E-state index is 0.0262. The average molecular weight is 248 g/mol. The molecule has 1 aromatic carbocycles. The highest BCUT2D eigenvalue weighted by molar-refractivity contribution is 6.35. The molecule has 0 spiro atoms. The zero-order valence-corrected chi connectivity index (χ0v) is 11.6. The third-order valence-corrected chi connectivity index (χ3v) is 2.79. The molecule has 0 aromatic heterocycles. The van der Waals surface area contributed by atoms with Gasteiger partial charge in [-0.3, -0.25) is 9.37 Å². The Kier molecular flexibility index (Phi) is 5.36. The van der Waals surface area contributed by atoms with Crippen LogP contribution in [-0.4, -0.2) is 29.3 Å². The van der Waals surface area contributed by atoms with Gasteiger partial charge < -0.3 is 0 Å². The zero-order chi connectivity index (χ0) is 13.5. The molecule has 0 aliphatic heterocycles. The van der Waals surface area contributed by atoms with Crippen LogP contribution in [0.4, 0.5) is 5.69 Å². The molecule has 0 saturated carbocycles. The first-order chi connectivity index (χ1) is 8.58. The molecule has 0 aliphatic carbocycles. The molecular weight excluding hydrogens is 226 g/mol. The molecule has 0 amide bonds. The fourth-order valence-electron chi connectivity index (χ4n) is 1.70. The van der Waals surface area contributed by atoms with Gasteiger partial charge in [0, 0.05) is 6.92 Å². The molecule has 1 aromatic rings. The van der Waals surface area contributed by atoms with Crippen molar-refractivity contribution in [3.8, 4) is 0 Å². The number of benzene rings is 1. The fraction of sp³-hybridized carbons (Fsp3) is 0.429. The molecule has 0 unspecified atom stereocenters. The molecule has 0 radical (unpaired) electrons. The topological polar surface area (TPSA) is 44.1 Å². The quantitative estimate of drug-likeness (QED) is 0.362. The van der Waals surface area contributed by atoms with Crippen molar-refractivity contribution in [2.45, 2.75) is 27.7 Å². The lowest BCUT2D eigenvalue weighted by molar-refractivity contribution is -0.521. The summed E-state index contributed by atoms with van der Waals surface area (Å²) in [5.41, 5.74) is 8.20. The van der Waals surface area contributed by atoms with Crippen molar-refractivity contribution in [3.05, 3.63) is 29.8 Å². The third-order valence-electron chi connectivity index (χ3n) is 2.79. The molecule has 18 heavy (non-hydrogen) atoms. The summed E-state index contributed by atoms with van der Waals surface area (Å²) in [4.78, 5) is 11.6. The van der Waals surface area contributed by atoms with Crippen LogP contribution in [-0.2, 0) is 4.79 Å². The Hall–Kier alpha value is -1.84. The number of ketones is 1. The first kappa shape index (κ1) is 14.2. The minimum atomic E-state index is 0.0262. The van der Waals surface area contributed by atoms with Crippen LogP contribution in [0, 0.1) is 6.92 Å². The van der Waals surface area contributed by atoms with E-state index in [1.807, 2.05) is 49.6 Å². The van der Waals surface area contributed by atoms with E-state index in [1.54, 1.807) is 6.92 Å². The second kappa shape index (κ2) is 6.79. The number of hydrogen-bond donors (Lipinski definition) is 2. The predicted molar refractivity (Wildman–Crippen MR) is 75.0 cm³/mol. The summed E-state index contributed by atoms with van der Waals surface area (Å²) < 4.78 is 1.99. The van der Waals surface area contributed by atoms with Crippen molar-refractivity contribution >= 4 is 17.3 Å². The smallest absolute Gasteiger partial charge is 0.286 e. The van der Waals surface area contributed by atoms with Crippen molar-refractivity contribution in [1.29, 1.82) is 0 Å². The van der Waals surface area contributed by atoms with E-state index in [-0.39, 0.29) is 5.78 Å². The van der Waals surface area contributed by atoms with Gasteiger partial charge in [0.1, 0.15) is 0 Å². The molecule has 4 heteroatoms. The molecule has 4 nitrogen and oxygen atoms in total. The van der Waals surface area contributed by atoms with Gasteiger partial charge in [0.15, 0.2) is 0 Å². The fourth-order valence-corrected chi connectivity index (χ4v) is 1.70. The molecule has 0 heterocycles. The first-order valence-corrected chi connectivity index (χ1v) is 6.30. The van der Waals surface area contributed by atoms with Crippen LogP contribution in [0.25, 0.3) is 0 Å². The second-order valence-electron chi connectivity index (χ2n) is 4.19. The molecule has 0 atom stereocenters. The highest BCUT2D eigenvalue weighted by Gasteiger charge is 2.16. The Bertz CT molecular complexity index is 429. The molecule has 1 rings (SSSR count). The number of rotatable bonds is 5. The van der Waals surface area contributed by atoms with Gasteiger partial charge in [-0.25, -0.2) is 5.43 Å². The number of amidine groups is 1. The Morgan fingerprint density at radius 3 is 2.17 bits per heavy atom. The van der Waals surface area contributed by atoms with Gasteiger partial charge in [0.2, 0.25) is 5.78 Å². The highest BCUT2D eigenvalue weighted by Crippen LogP contribution is 2.06. The maximum Gasteiger partial charge on any atom is 0.336 e. The second-order valence-corrected chi connectivity index (χ2v) is 4.19. The SMILES string of the molecule is CC[N+](CC)=C(NNc1ccc(C)cc1)C(C)=O. The normalized spacial score (nSPS) is 9.78. The first-order valence-electron chi connectivity index (χ1n) is 6.30. The Labute approximate surface area is 109 Å². The Morgan fingerprint density at radius 2 is 1.72 bits per heavy atom. The van der Waals surface area contributed by atoms with E-state index in [2.05, 4.69) is 10.9 Å². The third kappa shape index (κ3) is 3.87. The zero-order valence-electron chi connectivity index (χ0n) is 11.6. The van der Waals surface area contributed by atoms with Crippen LogP contribution in [0.3, 0.4) is 0 Å².